The van der Waals surface area contributed by atoms with Crippen LogP contribution in [0.5, 0.6) is 0 Å². The Labute approximate surface area is 80.0 Å². The van der Waals surface area contributed by atoms with E-state index in [1.54, 1.807) is 6.08 Å². The van der Waals surface area contributed by atoms with Crippen LogP contribution in [0.2, 0.25) is 0 Å². The Kier molecular flexibility index (Phi) is 3.16. The van der Waals surface area contributed by atoms with E-state index >= 15 is 0 Å². The molecule has 2 heteroatoms. The highest BCUT2D eigenvalue weighted by Crippen LogP contribution is 2.23. The molecule has 0 aromatic heterocycles. The molecule has 0 saturated carbocycles. The van der Waals surface area contributed by atoms with Crippen molar-refractivity contribution in [1.29, 1.82) is 0 Å². The second-order valence-corrected chi connectivity index (χ2v) is 3.22. The van der Waals surface area contributed by atoms with Crippen molar-refractivity contribution in [2.45, 2.75) is 5.88 Å². The summed E-state index contributed by atoms with van der Waals surface area (Å²) < 4.78 is 1.05. The first-order chi connectivity index (χ1) is 5.29. The van der Waals surface area contributed by atoms with Crippen molar-refractivity contribution in [3.05, 3.63) is 40.4 Å². The highest BCUT2D eigenvalue weighted by Gasteiger charge is 2.00. The summed E-state index contributed by atoms with van der Waals surface area (Å²) >= 11 is 9.14. The maximum Gasteiger partial charge on any atom is 0.0485 e. The van der Waals surface area contributed by atoms with Crippen LogP contribution in [0.25, 0.3) is 6.08 Å². The van der Waals surface area contributed by atoms with E-state index in [9.17, 15) is 0 Å². The Bertz CT molecular complexity index is 268. The predicted octanol–water partition coefficient (Wildman–Crippen LogP) is 3.83. The summed E-state index contributed by atoms with van der Waals surface area (Å²) in [4.78, 5) is 0. The molecule has 1 aromatic carbocycles. The van der Waals surface area contributed by atoms with Gasteiger partial charge >= 0.3 is 0 Å². The minimum atomic E-state index is 0.530. The summed E-state index contributed by atoms with van der Waals surface area (Å²) in [5, 5.41) is 0. The SMILES string of the molecule is C=Cc1cccc(CCl)c1Br. The van der Waals surface area contributed by atoms with Crippen LogP contribution in [0.4, 0.5) is 0 Å². The highest BCUT2D eigenvalue weighted by molar-refractivity contribution is 9.10. The van der Waals surface area contributed by atoms with Crippen LogP contribution in [0.3, 0.4) is 0 Å². The van der Waals surface area contributed by atoms with Gasteiger partial charge in [-0.25, -0.2) is 0 Å². The Balaban J connectivity index is 3.20. The zero-order chi connectivity index (χ0) is 8.27. The first-order valence-corrected chi connectivity index (χ1v) is 4.58. The van der Waals surface area contributed by atoms with Crippen LogP contribution in [0.15, 0.2) is 29.3 Å². The third-order valence-electron chi connectivity index (χ3n) is 1.47. The molecular weight excluding hydrogens is 223 g/mol. The summed E-state index contributed by atoms with van der Waals surface area (Å²) in [6.07, 6.45) is 1.81. The molecular formula is C9H8BrCl. The average Bonchev–Trinajstić information content (AvgIpc) is 2.05. The van der Waals surface area contributed by atoms with Gasteiger partial charge in [0.15, 0.2) is 0 Å². The largest absolute Gasteiger partial charge is 0.122 e. The summed E-state index contributed by atoms with van der Waals surface area (Å²) in [6, 6.07) is 5.96. The Morgan fingerprint density at radius 1 is 1.55 bits per heavy atom. The van der Waals surface area contributed by atoms with Crippen molar-refractivity contribution in [2.24, 2.45) is 0 Å². The van der Waals surface area contributed by atoms with Gasteiger partial charge < -0.3 is 0 Å². The van der Waals surface area contributed by atoms with Gasteiger partial charge in [-0.15, -0.1) is 11.6 Å². The van der Waals surface area contributed by atoms with Gasteiger partial charge in [0.05, 0.1) is 0 Å². The van der Waals surface area contributed by atoms with Gasteiger partial charge in [-0.1, -0.05) is 30.9 Å². The Hall–Kier alpha value is -0.270. The van der Waals surface area contributed by atoms with E-state index in [1.807, 2.05) is 18.2 Å². The third-order valence-corrected chi connectivity index (χ3v) is 2.73. The highest BCUT2D eigenvalue weighted by atomic mass is 79.9. The van der Waals surface area contributed by atoms with Gasteiger partial charge in [0, 0.05) is 10.4 Å². The molecule has 0 nitrogen and oxygen atoms in total. The van der Waals surface area contributed by atoms with Gasteiger partial charge in [0.1, 0.15) is 0 Å². The first kappa shape index (κ1) is 8.82. The molecule has 0 saturated heterocycles. The van der Waals surface area contributed by atoms with Crippen LogP contribution in [-0.4, -0.2) is 0 Å². The van der Waals surface area contributed by atoms with Gasteiger partial charge in [0.25, 0.3) is 0 Å². The van der Waals surface area contributed by atoms with Crippen molar-refractivity contribution >= 4 is 33.6 Å². The molecule has 0 fully saturated rings. The molecule has 0 bridgehead atoms. The van der Waals surface area contributed by atoms with Crippen molar-refractivity contribution in [3.8, 4) is 0 Å². The molecule has 0 aliphatic carbocycles. The molecule has 0 aliphatic heterocycles. The molecule has 0 N–H and O–H groups in total. The second-order valence-electron chi connectivity index (χ2n) is 2.16. The smallest absolute Gasteiger partial charge is 0.0485 e. The number of rotatable bonds is 2. The van der Waals surface area contributed by atoms with Crippen LogP contribution >= 0.6 is 27.5 Å². The zero-order valence-electron chi connectivity index (χ0n) is 5.98. The molecule has 0 aliphatic rings. The molecule has 1 aromatic rings. The van der Waals surface area contributed by atoms with E-state index < -0.39 is 0 Å². The predicted molar refractivity (Wildman–Crippen MR) is 53.8 cm³/mol. The molecule has 58 valence electrons. The maximum atomic E-state index is 5.70. The minimum absolute atomic E-state index is 0.530. The topological polar surface area (TPSA) is 0 Å². The second kappa shape index (κ2) is 3.93. The van der Waals surface area contributed by atoms with E-state index in [1.165, 1.54) is 0 Å². The molecule has 0 heterocycles. The fourth-order valence-corrected chi connectivity index (χ4v) is 1.81. The van der Waals surface area contributed by atoms with Gasteiger partial charge in [-0.2, -0.15) is 0 Å². The lowest BCUT2D eigenvalue weighted by molar-refractivity contribution is 1.36. The molecule has 11 heavy (non-hydrogen) atoms. The van der Waals surface area contributed by atoms with Crippen molar-refractivity contribution in [1.82, 2.24) is 0 Å². The molecule has 0 unspecified atom stereocenters. The first-order valence-electron chi connectivity index (χ1n) is 3.25. The van der Waals surface area contributed by atoms with Crippen LogP contribution in [0, 0.1) is 0 Å². The number of hydrogen-bond acceptors (Lipinski definition) is 0. The fourth-order valence-electron chi connectivity index (χ4n) is 0.861. The summed E-state index contributed by atoms with van der Waals surface area (Å²) in [6.45, 7) is 3.69. The Morgan fingerprint density at radius 2 is 2.27 bits per heavy atom. The summed E-state index contributed by atoms with van der Waals surface area (Å²) in [7, 11) is 0. The lowest BCUT2D eigenvalue weighted by atomic mass is 10.1. The van der Waals surface area contributed by atoms with Gasteiger partial charge in [-0.3, -0.25) is 0 Å². The number of alkyl halides is 1. The van der Waals surface area contributed by atoms with E-state index in [2.05, 4.69) is 22.5 Å². The van der Waals surface area contributed by atoms with Gasteiger partial charge in [0.2, 0.25) is 0 Å². The van der Waals surface area contributed by atoms with Crippen molar-refractivity contribution < 1.29 is 0 Å². The molecule has 0 amide bonds. The van der Waals surface area contributed by atoms with E-state index in [-0.39, 0.29) is 0 Å². The van der Waals surface area contributed by atoms with Crippen LogP contribution in [0.1, 0.15) is 11.1 Å². The molecule has 0 spiro atoms. The van der Waals surface area contributed by atoms with Gasteiger partial charge in [-0.05, 0) is 27.1 Å². The normalized spacial score (nSPS) is 9.64. The average molecular weight is 232 g/mol. The van der Waals surface area contributed by atoms with Crippen LogP contribution in [-0.2, 0) is 5.88 Å². The quantitative estimate of drug-likeness (QED) is 0.679. The molecule has 0 radical (unpaired) electrons. The molecule has 0 atom stereocenters. The zero-order valence-corrected chi connectivity index (χ0v) is 8.32. The number of hydrogen-bond donors (Lipinski definition) is 0. The minimum Gasteiger partial charge on any atom is -0.122 e. The summed E-state index contributed by atoms with van der Waals surface area (Å²) in [5.41, 5.74) is 2.19. The van der Waals surface area contributed by atoms with E-state index in [4.69, 9.17) is 11.6 Å². The monoisotopic (exact) mass is 230 g/mol. The number of halogens is 2. The third kappa shape index (κ3) is 1.85. The fraction of sp³-hybridized carbons (Fsp3) is 0.111. The molecule has 1 rings (SSSR count). The Morgan fingerprint density at radius 3 is 2.82 bits per heavy atom. The maximum absolute atomic E-state index is 5.70. The van der Waals surface area contributed by atoms with E-state index in [0.29, 0.717) is 5.88 Å². The lowest BCUT2D eigenvalue weighted by Crippen LogP contribution is -1.82. The number of benzene rings is 1. The van der Waals surface area contributed by atoms with Crippen molar-refractivity contribution in [2.75, 3.05) is 0 Å². The lowest BCUT2D eigenvalue weighted by Gasteiger charge is -2.02. The van der Waals surface area contributed by atoms with Crippen molar-refractivity contribution in [3.63, 3.8) is 0 Å². The standard InChI is InChI=1S/C9H8BrCl/c1-2-7-4-3-5-8(6-11)9(7)10/h2-5H,1,6H2. The van der Waals surface area contributed by atoms with Crippen LogP contribution < -0.4 is 0 Å². The van der Waals surface area contributed by atoms with E-state index in [0.717, 1.165) is 15.6 Å². The summed E-state index contributed by atoms with van der Waals surface area (Å²) in [5.74, 6) is 0.530.